The van der Waals surface area contributed by atoms with Gasteiger partial charge in [0.1, 0.15) is 0 Å². The zero-order valence-electron chi connectivity index (χ0n) is 27.9. The minimum absolute atomic E-state index is 0.0217. The lowest BCUT2D eigenvalue weighted by atomic mass is 9.91. The van der Waals surface area contributed by atoms with Crippen LogP contribution in [-0.2, 0) is 22.2 Å². The summed E-state index contributed by atoms with van der Waals surface area (Å²) in [6, 6.07) is 10.3. The van der Waals surface area contributed by atoms with Crippen molar-refractivity contribution in [1.82, 2.24) is 29.2 Å². The van der Waals surface area contributed by atoms with Crippen LogP contribution >= 0.6 is 15.9 Å². The zero-order valence-corrected chi connectivity index (χ0v) is 29.4. The van der Waals surface area contributed by atoms with E-state index >= 15 is 0 Å². The molecule has 0 bridgehead atoms. The second-order valence-electron chi connectivity index (χ2n) is 13.8. The van der Waals surface area contributed by atoms with Gasteiger partial charge in [-0.15, -0.1) is 0 Å². The molecule has 14 heteroatoms. The number of nitrogens with two attached hydrogens (primary N) is 1. The highest BCUT2D eigenvalue weighted by atomic mass is 79.9. The molecule has 4 heterocycles. The van der Waals surface area contributed by atoms with Gasteiger partial charge in [0.2, 0.25) is 11.8 Å². The number of alkyl halides is 3. The number of nitrogens with one attached hydrogen (secondary N) is 1. The molecule has 3 aromatic rings. The van der Waals surface area contributed by atoms with E-state index in [2.05, 4.69) is 37.8 Å². The number of benzene rings is 2. The third-order valence-electron chi connectivity index (χ3n) is 10.6. The summed E-state index contributed by atoms with van der Waals surface area (Å²) in [5.41, 5.74) is 6.09. The first-order chi connectivity index (χ1) is 23.4. The number of likely N-dealkylation sites (N-methyl/N-ethyl adjacent to an activating group) is 1. The number of nitrogen functional groups attached to an aromatic ring is 1. The van der Waals surface area contributed by atoms with E-state index in [9.17, 15) is 27.6 Å². The quantitative estimate of drug-likeness (QED) is 0.339. The number of aromatic nitrogens is 2. The molecule has 10 nitrogen and oxygen atoms in total. The number of H-pyrrole nitrogens is 1. The molecule has 3 fully saturated rings. The number of carbonyl (C=O) groups is 2. The number of piperidine rings is 2. The largest absolute Gasteiger partial charge is 0.418 e. The first kappa shape index (κ1) is 35.5. The van der Waals surface area contributed by atoms with Gasteiger partial charge in [-0.05, 0) is 104 Å². The Kier molecular flexibility index (Phi) is 10.8. The molecule has 6 rings (SSSR count). The number of aromatic amines is 1. The summed E-state index contributed by atoms with van der Waals surface area (Å²) in [7, 11) is 2.14. The third kappa shape index (κ3) is 8.01. The van der Waals surface area contributed by atoms with E-state index in [0.29, 0.717) is 50.6 Å². The lowest BCUT2D eigenvalue weighted by molar-refractivity contribution is -0.143. The minimum atomic E-state index is -4.67. The van der Waals surface area contributed by atoms with Crippen LogP contribution in [0.15, 0.2) is 45.7 Å². The van der Waals surface area contributed by atoms with Gasteiger partial charge in [-0.1, -0.05) is 12.1 Å². The first-order valence-corrected chi connectivity index (χ1v) is 18.0. The Balaban J connectivity index is 1.16. The molecule has 3 aliphatic rings. The third-order valence-corrected chi connectivity index (χ3v) is 11.3. The zero-order chi connectivity index (χ0) is 34.9. The molecule has 49 heavy (non-hydrogen) atoms. The number of anilines is 1. The van der Waals surface area contributed by atoms with Crippen molar-refractivity contribution in [3.05, 3.63) is 62.5 Å². The number of amides is 2. The highest BCUT2D eigenvalue weighted by Crippen LogP contribution is 2.39. The molecular formula is C35H45BrF3N7O3. The Morgan fingerprint density at radius 2 is 1.61 bits per heavy atom. The number of rotatable bonds is 7. The fourth-order valence-electron chi connectivity index (χ4n) is 7.85. The average Bonchev–Trinajstić information content (AvgIpc) is 3.26. The summed E-state index contributed by atoms with van der Waals surface area (Å²) in [4.78, 5) is 52.0. The van der Waals surface area contributed by atoms with Crippen molar-refractivity contribution in [2.75, 3.05) is 65.1 Å². The van der Waals surface area contributed by atoms with E-state index in [1.807, 2.05) is 24.3 Å². The molecule has 266 valence electrons. The summed E-state index contributed by atoms with van der Waals surface area (Å²) >= 11 is 3.17. The van der Waals surface area contributed by atoms with Crippen LogP contribution in [0.4, 0.5) is 18.9 Å². The first-order valence-electron chi connectivity index (χ1n) is 17.2. The second kappa shape index (κ2) is 14.9. The molecular weight excluding hydrogens is 703 g/mol. The topological polar surface area (TPSA) is 111 Å². The van der Waals surface area contributed by atoms with Crippen LogP contribution in [-0.4, -0.2) is 106 Å². The fourth-order valence-corrected chi connectivity index (χ4v) is 8.36. The summed E-state index contributed by atoms with van der Waals surface area (Å²) in [5, 5.41) is 0. The number of carbonyl (C=O) groups excluding carboxylic acids is 2. The Bertz CT molecular complexity index is 1710. The highest BCUT2D eigenvalue weighted by molar-refractivity contribution is 9.10. The molecule has 0 aliphatic carbocycles. The van der Waals surface area contributed by atoms with Gasteiger partial charge in [0.15, 0.2) is 0 Å². The lowest BCUT2D eigenvalue weighted by Crippen LogP contribution is -2.50. The normalized spacial score (nSPS) is 20.1. The van der Waals surface area contributed by atoms with Crippen LogP contribution in [0, 0.1) is 5.92 Å². The standard InChI is InChI=1S/C35H45BrF3N7O3/c1-42-11-4-12-43(18-17-42)25-7-15-45(16-8-25)33(48)24(19-23-20-27(35(37,38)39)32(40)28(36)21-23)22-31(47)44-13-9-26(10-14-44)46-30-6-3-2-5-29(30)41-34(46)49/h2-3,5-6,20-21,24-26H,4,7-19,22,40H2,1H3,(H,41,49)/t24-/m0/s1. The van der Waals surface area contributed by atoms with Gasteiger partial charge in [-0.3, -0.25) is 19.1 Å². The van der Waals surface area contributed by atoms with Crippen LogP contribution in [0.3, 0.4) is 0 Å². The Hall–Kier alpha value is -3.36. The molecule has 3 aliphatic heterocycles. The van der Waals surface area contributed by atoms with E-state index in [1.165, 1.54) is 6.07 Å². The molecule has 0 radical (unpaired) electrons. The monoisotopic (exact) mass is 747 g/mol. The van der Waals surface area contributed by atoms with Crippen molar-refractivity contribution in [3.8, 4) is 0 Å². The lowest BCUT2D eigenvalue weighted by Gasteiger charge is -2.39. The van der Waals surface area contributed by atoms with E-state index in [0.717, 1.165) is 62.5 Å². The second-order valence-corrected chi connectivity index (χ2v) is 14.7. The van der Waals surface area contributed by atoms with Gasteiger partial charge >= 0.3 is 11.9 Å². The van der Waals surface area contributed by atoms with Gasteiger partial charge in [-0.25, -0.2) is 4.79 Å². The van der Waals surface area contributed by atoms with Gasteiger partial charge in [0.05, 0.1) is 28.2 Å². The van der Waals surface area contributed by atoms with E-state index in [-0.39, 0.29) is 40.9 Å². The van der Waals surface area contributed by atoms with Crippen molar-refractivity contribution in [2.45, 2.75) is 63.2 Å². The van der Waals surface area contributed by atoms with E-state index in [1.54, 1.807) is 14.4 Å². The number of imidazole rings is 1. The van der Waals surface area contributed by atoms with Gasteiger partial charge < -0.3 is 25.4 Å². The van der Waals surface area contributed by atoms with Gasteiger partial charge in [-0.2, -0.15) is 13.2 Å². The number of hydrogen-bond donors (Lipinski definition) is 2. The van der Waals surface area contributed by atoms with Crippen molar-refractivity contribution < 1.29 is 22.8 Å². The Labute approximate surface area is 292 Å². The number of fused-ring (bicyclic) bond motifs is 1. The molecule has 0 saturated carbocycles. The molecule has 1 atom stereocenters. The summed E-state index contributed by atoms with van der Waals surface area (Å²) < 4.78 is 43.5. The summed E-state index contributed by atoms with van der Waals surface area (Å²) in [6.45, 7) is 6.02. The number of nitrogens with zero attached hydrogens (tertiary/aromatic N) is 5. The van der Waals surface area contributed by atoms with Crippen LogP contribution in [0.5, 0.6) is 0 Å². The van der Waals surface area contributed by atoms with Crippen LogP contribution in [0.2, 0.25) is 0 Å². The number of para-hydroxylation sites is 2. The molecule has 3 saturated heterocycles. The Morgan fingerprint density at radius 1 is 0.939 bits per heavy atom. The fraction of sp³-hybridized carbons (Fsp3) is 0.571. The SMILES string of the molecule is CN1CCCN(C2CCN(C(=O)[C@H](CC(=O)N3CCC(n4c(=O)[nH]c5ccccc54)CC3)Cc3cc(Br)c(N)c(C(F)(F)F)c3)CC2)CC1. The number of halogens is 4. The van der Waals surface area contributed by atoms with Crippen LogP contribution in [0.1, 0.15) is 55.7 Å². The average molecular weight is 749 g/mol. The summed E-state index contributed by atoms with van der Waals surface area (Å²) in [5.74, 6) is -1.25. The molecule has 1 aromatic heterocycles. The van der Waals surface area contributed by atoms with E-state index in [4.69, 9.17) is 5.73 Å². The molecule has 2 amide bonds. The van der Waals surface area contributed by atoms with Gasteiger partial charge in [0.25, 0.3) is 0 Å². The maximum absolute atomic E-state index is 14.1. The van der Waals surface area contributed by atoms with Crippen LogP contribution < -0.4 is 11.4 Å². The van der Waals surface area contributed by atoms with Crippen molar-refractivity contribution in [1.29, 1.82) is 0 Å². The maximum Gasteiger partial charge on any atom is 0.418 e. The van der Waals surface area contributed by atoms with Crippen molar-refractivity contribution in [3.63, 3.8) is 0 Å². The maximum atomic E-state index is 14.1. The smallest absolute Gasteiger partial charge is 0.397 e. The van der Waals surface area contributed by atoms with E-state index < -0.39 is 23.3 Å². The van der Waals surface area contributed by atoms with Gasteiger partial charge in [0, 0.05) is 62.2 Å². The Morgan fingerprint density at radius 3 is 2.33 bits per heavy atom. The molecule has 2 aromatic carbocycles. The number of hydrogen-bond acceptors (Lipinski definition) is 6. The summed E-state index contributed by atoms with van der Waals surface area (Å²) in [6.07, 6.45) is -0.904. The van der Waals surface area contributed by atoms with Crippen molar-refractivity contribution in [2.24, 2.45) is 5.92 Å². The molecule has 0 unspecified atom stereocenters. The van der Waals surface area contributed by atoms with Crippen LogP contribution in [0.25, 0.3) is 11.0 Å². The highest BCUT2D eigenvalue weighted by Gasteiger charge is 2.37. The minimum Gasteiger partial charge on any atom is -0.397 e. The van der Waals surface area contributed by atoms with Crippen molar-refractivity contribution >= 4 is 44.5 Å². The predicted molar refractivity (Wildman–Crippen MR) is 186 cm³/mol. The predicted octanol–water partition coefficient (Wildman–Crippen LogP) is 4.73. The number of likely N-dealkylation sites (tertiary alicyclic amines) is 2. The molecule has 0 spiro atoms. The molecule has 3 N–H and O–H groups in total.